The summed E-state index contributed by atoms with van der Waals surface area (Å²) in [5.74, 6) is 0. The van der Waals surface area contributed by atoms with Crippen molar-refractivity contribution in [2.45, 2.75) is 70.0 Å². The summed E-state index contributed by atoms with van der Waals surface area (Å²) in [6.07, 6.45) is -0.981. The zero-order valence-corrected chi connectivity index (χ0v) is 27.9. The maximum Gasteiger partial charge on any atom is 0.186 e. The van der Waals surface area contributed by atoms with Gasteiger partial charge in [-0.2, -0.15) is 0 Å². The molecule has 0 bridgehead atoms. The van der Waals surface area contributed by atoms with Gasteiger partial charge in [0.05, 0.1) is 39.6 Å². The van der Waals surface area contributed by atoms with Crippen molar-refractivity contribution in [3.63, 3.8) is 0 Å². The molecule has 0 aliphatic carbocycles. The van der Waals surface area contributed by atoms with E-state index in [1.165, 1.54) is 5.56 Å². The number of rotatable bonds is 18. The van der Waals surface area contributed by atoms with Gasteiger partial charge in [0.1, 0.15) is 24.4 Å². The molecule has 5 aromatic rings. The molecule has 0 aromatic heterocycles. The van der Waals surface area contributed by atoms with Crippen LogP contribution in [0.15, 0.2) is 152 Å². The van der Waals surface area contributed by atoms with E-state index >= 15 is 0 Å². The van der Waals surface area contributed by atoms with Crippen molar-refractivity contribution in [2.24, 2.45) is 0 Å². The summed E-state index contributed by atoms with van der Waals surface area (Å²) >= 11 is 0. The fourth-order valence-electron chi connectivity index (χ4n) is 6.00. The maximum absolute atomic E-state index is 6.81. The van der Waals surface area contributed by atoms with Crippen LogP contribution in [0.2, 0.25) is 0 Å². The Hall–Kier alpha value is -4.14. The van der Waals surface area contributed by atoms with Gasteiger partial charge in [0.25, 0.3) is 0 Å². The first-order valence-electron chi connectivity index (χ1n) is 17.2. The van der Waals surface area contributed by atoms with Crippen molar-refractivity contribution in [1.82, 2.24) is 0 Å². The summed E-state index contributed by atoms with van der Waals surface area (Å²) in [5.41, 5.74) is 5.55. The number of hydrogen-bond donors (Lipinski definition) is 0. The van der Waals surface area contributed by atoms with Gasteiger partial charge in [0, 0.05) is 0 Å². The second-order valence-electron chi connectivity index (χ2n) is 12.3. The molecular weight excluding hydrogens is 612 g/mol. The molecule has 1 heterocycles. The van der Waals surface area contributed by atoms with Crippen LogP contribution in [0, 0.1) is 0 Å². The van der Waals surface area contributed by atoms with Gasteiger partial charge in [-0.05, 0) is 40.7 Å². The lowest BCUT2D eigenvalue weighted by Gasteiger charge is -2.46. The fourth-order valence-corrected chi connectivity index (χ4v) is 6.00. The monoisotopic (exact) mass is 658 g/mol. The van der Waals surface area contributed by atoms with Crippen LogP contribution in [0.1, 0.15) is 34.2 Å². The second kappa shape index (κ2) is 19.2. The van der Waals surface area contributed by atoms with Gasteiger partial charge in [0.15, 0.2) is 6.29 Å². The van der Waals surface area contributed by atoms with Gasteiger partial charge >= 0.3 is 0 Å². The summed E-state index contributed by atoms with van der Waals surface area (Å²) in [4.78, 5) is 0. The lowest BCUT2D eigenvalue weighted by Crippen LogP contribution is -2.61. The standard InChI is InChI=1S/C43H46O6/c1-6-17-34(18-7-1)27-16-28-45-43-42(48-32-38-25-14-5-15-26-38)41(47-31-37-23-12-4-13-24-37)40(46-30-36-21-10-3-11-22-36)39(49-43)33-44-29-35-19-8-2-9-20-35/h1-15,17-26,39-43H,16,27-33H2/t39-,40-,41+,42+,43+/m1/s1. The van der Waals surface area contributed by atoms with Crippen molar-refractivity contribution in [3.05, 3.63) is 179 Å². The molecule has 0 spiro atoms. The molecule has 49 heavy (non-hydrogen) atoms. The van der Waals surface area contributed by atoms with E-state index in [0.717, 1.165) is 35.1 Å². The maximum atomic E-state index is 6.81. The minimum absolute atomic E-state index is 0.300. The Balaban J connectivity index is 1.25. The summed E-state index contributed by atoms with van der Waals surface area (Å²) in [6, 6.07) is 51.1. The lowest BCUT2D eigenvalue weighted by atomic mass is 9.97. The molecule has 0 saturated carbocycles. The first-order chi connectivity index (χ1) is 24.3. The highest BCUT2D eigenvalue weighted by atomic mass is 16.7. The van der Waals surface area contributed by atoms with Crippen LogP contribution in [0.25, 0.3) is 0 Å². The topological polar surface area (TPSA) is 55.4 Å². The largest absolute Gasteiger partial charge is 0.374 e. The highest BCUT2D eigenvalue weighted by molar-refractivity contribution is 5.17. The molecule has 1 aliphatic heterocycles. The first-order valence-corrected chi connectivity index (χ1v) is 17.2. The van der Waals surface area contributed by atoms with Crippen LogP contribution >= 0.6 is 0 Å². The lowest BCUT2D eigenvalue weighted by molar-refractivity contribution is -0.328. The zero-order chi connectivity index (χ0) is 33.4. The van der Waals surface area contributed by atoms with Gasteiger partial charge in [-0.25, -0.2) is 0 Å². The number of hydrogen-bond acceptors (Lipinski definition) is 6. The van der Waals surface area contributed by atoms with Crippen LogP contribution < -0.4 is 0 Å². The van der Waals surface area contributed by atoms with E-state index in [-0.39, 0.29) is 0 Å². The van der Waals surface area contributed by atoms with E-state index in [4.69, 9.17) is 28.4 Å². The Kier molecular flexibility index (Phi) is 13.6. The summed E-state index contributed by atoms with van der Waals surface area (Å²) in [7, 11) is 0. The van der Waals surface area contributed by atoms with Crippen LogP contribution in [-0.4, -0.2) is 43.9 Å². The van der Waals surface area contributed by atoms with Crippen LogP contribution in [0.3, 0.4) is 0 Å². The van der Waals surface area contributed by atoms with Gasteiger partial charge in [-0.1, -0.05) is 152 Å². The molecule has 5 atom stereocenters. The number of ether oxygens (including phenoxy) is 6. The third kappa shape index (κ3) is 10.9. The predicted octanol–water partition coefficient (Wildman–Crippen LogP) is 8.33. The summed E-state index contributed by atoms with van der Waals surface area (Å²) < 4.78 is 39.9. The van der Waals surface area contributed by atoms with Crippen molar-refractivity contribution in [2.75, 3.05) is 13.2 Å². The minimum Gasteiger partial charge on any atom is -0.374 e. The Bertz CT molecular complexity index is 1590. The third-order valence-corrected chi connectivity index (χ3v) is 8.58. The molecule has 6 rings (SSSR count). The highest BCUT2D eigenvalue weighted by Gasteiger charge is 2.49. The molecule has 5 aromatic carbocycles. The van der Waals surface area contributed by atoms with Gasteiger partial charge in [-0.15, -0.1) is 0 Å². The molecule has 1 saturated heterocycles. The first kappa shape index (κ1) is 34.7. The molecule has 254 valence electrons. The van der Waals surface area contributed by atoms with Crippen molar-refractivity contribution >= 4 is 0 Å². The van der Waals surface area contributed by atoms with E-state index < -0.39 is 30.7 Å². The SMILES string of the molecule is c1ccc(CCCO[C@H]2O[C@H](COCc3ccccc3)[C@@H](OCc3ccccc3)[C@H](OCc3ccccc3)[C@@H]2OCc2ccccc2)cc1. The molecule has 0 N–H and O–H groups in total. The molecule has 6 heteroatoms. The predicted molar refractivity (Wildman–Crippen MR) is 191 cm³/mol. The number of benzene rings is 5. The smallest absolute Gasteiger partial charge is 0.186 e. The molecule has 0 unspecified atom stereocenters. The summed E-state index contributed by atoms with van der Waals surface area (Å²) in [5, 5.41) is 0. The van der Waals surface area contributed by atoms with Gasteiger partial charge in [0.2, 0.25) is 0 Å². The Morgan fingerprint density at radius 3 is 1.31 bits per heavy atom. The van der Waals surface area contributed by atoms with Crippen LogP contribution in [0.5, 0.6) is 0 Å². The molecule has 1 fully saturated rings. The molecule has 6 nitrogen and oxygen atoms in total. The van der Waals surface area contributed by atoms with E-state index in [1.54, 1.807) is 0 Å². The quantitative estimate of drug-likeness (QED) is 0.0883. The highest BCUT2D eigenvalue weighted by Crippen LogP contribution is 2.32. The molecule has 1 aliphatic rings. The molecule has 0 amide bonds. The van der Waals surface area contributed by atoms with E-state index in [9.17, 15) is 0 Å². The van der Waals surface area contributed by atoms with E-state index in [0.29, 0.717) is 39.6 Å². The average Bonchev–Trinajstić information content (AvgIpc) is 3.16. The van der Waals surface area contributed by atoms with Crippen LogP contribution in [-0.2, 0) is 61.3 Å². The Morgan fingerprint density at radius 2 is 0.816 bits per heavy atom. The third-order valence-electron chi connectivity index (χ3n) is 8.58. The average molecular weight is 659 g/mol. The van der Waals surface area contributed by atoms with Crippen molar-refractivity contribution in [1.29, 1.82) is 0 Å². The minimum atomic E-state index is -0.692. The van der Waals surface area contributed by atoms with Gasteiger partial charge in [-0.3, -0.25) is 0 Å². The fraction of sp³-hybridized carbons (Fsp3) is 0.302. The van der Waals surface area contributed by atoms with Crippen molar-refractivity contribution in [3.8, 4) is 0 Å². The Labute approximate surface area is 290 Å². The number of aryl methyl sites for hydroxylation is 1. The summed E-state index contributed by atoms with van der Waals surface area (Å²) in [6.45, 7) is 2.42. The normalized spacial score (nSPS) is 20.6. The molecule has 0 radical (unpaired) electrons. The van der Waals surface area contributed by atoms with E-state index in [1.807, 2.05) is 78.9 Å². The second-order valence-corrected chi connectivity index (χ2v) is 12.3. The molecular formula is C43H46O6. The van der Waals surface area contributed by atoms with Crippen LogP contribution in [0.4, 0.5) is 0 Å². The van der Waals surface area contributed by atoms with Crippen molar-refractivity contribution < 1.29 is 28.4 Å². The Morgan fingerprint density at radius 1 is 0.408 bits per heavy atom. The van der Waals surface area contributed by atoms with Gasteiger partial charge < -0.3 is 28.4 Å². The zero-order valence-electron chi connectivity index (χ0n) is 27.9. The van der Waals surface area contributed by atoms with E-state index in [2.05, 4.69) is 72.8 Å².